The van der Waals surface area contributed by atoms with Gasteiger partial charge in [0.25, 0.3) is 0 Å². The zero-order valence-corrected chi connectivity index (χ0v) is 13.7. The first-order valence-electron chi connectivity index (χ1n) is 8.64. The summed E-state index contributed by atoms with van der Waals surface area (Å²) < 4.78 is 11.4. The third-order valence-corrected chi connectivity index (χ3v) is 3.89. The molecular formula is C18H33NO2. The summed E-state index contributed by atoms with van der Waals surface area (Å²) in [5, 5.41) is 0. The molecule has 21 heavy (non-hydrogen) atoms. The summed E-state index contributed by atoms with van der Waals surface area (Å²) in [4.78, 5) is 0. The maximum absolute atomic E-state index is 5.84. The van der Waals surface area contributed by atoms with Gasteiger partial charge < -0.3 is 15.2 Å². The topological polar surface area (TPSA) is 44.5 Å². The number of ether oxygens (including phenoxy) is 2. The Labute approximate surface area is 130 Å². The van der Waals surface area contributed by atoms with Crippen LogP contribution in [0.2, 0.25) is 0 Å². The lowest BCUT2D eigenvalue weighted by Crippen LogP contribution is -2.12. The zero-order valence-electron chi connectivity index (χ0n) is 13.7. The molecule has 3 heteroatoms. The molecule has 0 heterocycles. The molecule has 1 aliphatic rings. The van der Waals surface area contributed by atoms with Gasteiger partial charge in [0.15, 0.2) is 0 Å². The van der Waals surface area contributed by atoms with Crippen molar-refractivity contribution in [2.45, 2.75) is 58.3 Å². The molecule has 1 saturated carbocycles. The fourth-order valence-corrected chi connectivity index (χ4v) is 2.67. The maximum Gasteiger partial charge on any atom is 0.117 e. The lowest BCUT2D eigenvalue weighted by molar-refractivity contribution is 0.108. The molecule has 1 rings (SSSR count). The van der Waals surface area contributed by atoms with Gasteiger partial charge >= 0.3 is 0 Å². The normalized spacial score (nSPS) is 18.7. The van der Waals surface area contributed by atoms with Gasteiger partial charge in [0.2, 0.25) is 0 Å². The van der Waals surface area contributed by atoms with E-state index in [0.717, 1.165) is 24.7 Å². The minimum absolute atomic E-state index is 0.542. The van der Waals surface area contributed by atoms with E-state index in [4.69, 9.17) is 15.2 Å². The van der Waals surface area contributed by atoms with Crippen LogP contribution in [0.1, 0.15) is 58.3 Å². The Hall–Kier alpha value is -0.800. The summed E-state index contributed by atoms with van der Waals surface area (Å²) in [5.41, 5.74) is 5.48. The molecule has 1 aliphatic carbocycles. The van der Waals surface area contributed by atoms with Crippen molar-refractivity contribution in [3.8, 4) is 0 Å². The zero-order chi connectivity index (χ0) is 15.2. The Bertz CT molecular complexity index is 292. The SMILES string of the molecule is CC/C=C\C(=C/COCC1CCCCCCC1)OCCN. The molecule has 3 nitrogen and oxygen atoms in total. The Morgan fingerprint density at radius 2 is 1.86 bits per heavy atom. The summed E-state index contributed by atoms with van der Waals surface area (Å²) in [6.45, 7) is 4.73. The van der Waals surface area contributed by atoms with Crippen molar-refractivity contribution in [2.75, 3.05) is 26.4 Å². The van der Waals surface area contributed by atoms with E-state index in [9.17, 15) is 0 Å². The second-order valence-corrected chi connectivity index (χ2v) is 5.80. The highest BCUT2D eigenvalue weighted by atomic mass is 16.5. The molecule has 1 fully saturated rings. The van der Waals surface area contributed by atoms with Crippen molar-refractivity contribution in [1.29, 1.82) is 0 Å². The molecular weight excluding hydrogens is 262 g/mol. The van der Waals surface area contributed by atoms with E-state index in [2.05, 4.69) is 13.0 Å². The summed E-state index contributed by atoms with van der Waals surface area (Å²) in [5.74, 6) is 1.62. The predicted octanol–water partition coefficient (Wildman–Crippen LogP) is 4.19. The Kier molecular flexibility index (Phi) is 11.2. The van der Waals surface area contributed by atoms with Crippen LogP contribution >= 0.6 is 0 Å². The van der Waals surface area contributed by atoms with Gasteiger partial charge in [-0.2, -0.15) is 0 Å². The Balaban J connectivity index is 2.26. The molecule has 0 aliphatic heterocycles. The predicted molar refractivity (Wildman–Crippen MR) is 89.1 cm³/mol. The lowest BCUT2D eigenvalue weighted by Gasteiger charge is -2.19. The van der Waals surface area contributed by atoms with E-state index in [-0.39, 0.29) is 0 Å². The van der Waals surface area contributed by atoms with E-state index >= 15 is 0 Å². The van der Waals surface area contributed by atoms with Crippen molar-refractivity contribution in [1.82, 2.24) is 0 Å². The third kappa shape index (κ3) is 9.70. The van der Waals surface area contributed by atoms with E-state index in [1.54, 1.807) is 0 Å². The average Bonchev–Trinajstić information content (AvgIpc) is 2.47. The summed E-state index contributed by atoms with van der Waals surface area (Å²) >= 11 is 0. The van der Waals surface area contributed by atoms with Gasteiger partial charge in [0.05, 0.1) is 6.61 Å². The Morgan fingerprint density at radius 3 is 2.52 bits per heavy atom. The Morgan fingerprint density at radius 1 is 1.14 bits per heavy atom. The highest BCUT2D eigenvalue weighted by molar-refractivity contribution is 5.11. The monoisotopic (exact) mass is 295 g/mol. The molecule has 2 N–H and O–H groups in total. The van der Waals surface area contributed by atoms with E-state index < -0.39 is 0 Å². The van der Waals surface area contributed by atoms with Gasteiger partial charge in [-0.15, -0.1) is 0 Å². The molecule has 122 valence electrons. The van der Waals surface area contributed by atoms with Crippen molar-refractivity contribution in [3.63, 3.8) is 0 Å². The quantitative estimate of drug-likeness (QED) is 0.394. The van der Waals surface area contributed by atoms with Gasteiger partial charge in [0, 0.05) is 13.2 Å². The van der Waals surface area contributed by atoms with Gasteiger partial charge in [-0.3, -0.25) is 0 Å². The molecule has 0 aromatic carbocycles. The van der Waals surface area contributed by atoms with Gasteiger partial charge in [0.1, 0.15) is 12.4 Å². The van der Waals surface area contributed by atoms with Crippen LogP contribution in [0.4, 0.5) is 0 Å². The van der Waals surface area contributed by atoms with Crippen LogP contribution in [0.5, 0.6) is 0 Å². The number of nitrogens with two attached hydrogens (primary N) is 1. The highest BCUT2D eigenvalue weighted by Gasteiger charge is 2.11. The number of allylic oxidation sites excluding steroid dienone is 2. The first kappa shape index (κ1) is 18.2. The summed E-state index contributed by atoms with van der Waals surface area (Å²) in [6, 6.07) is 0. The standard InChI is InChI=1S/C18H33NO2/c1-2-3-11-18(21-15-13-19)12-14-20-16-17-9-7-5-4-6-8-10-17/h3,11-12,17H,2,4-10,13-16,19H2,1H3/b11-3-,18-12+. The fraction of sp³-hybridized carbons (Fsp3) is 0.778. The summed E-state index contributed by atoms with van der Waals surface area (Å²) in [7, 11) is 0. The fourth-order valence-electron chi connectivity index (χ4n) is 2.67. The van der Waals surface area contributed by atoms with Crippen molar-refractivity contribution >= 4 is 0 Å². The van der Waals surface area contributed by atoms with E-state index in [1.807, 2.05) is 12.2 Å². The van der Waals surface area contributed by atoms with Crippen molar-refractivity contribution in [2.24, 2.45) is 11.7 Å². The molecule has 0 atom stereocenters. The average molecular weight is 295 g/mol. The smallest absolute Gasteiger partial charge is 0.117 e. The van der Waals surface area contributed by atoms with E-state index in [1.165, 1.54) is 44.9 Å². The van der Waals surface area contributed by atoms with Crippen LogP contribution in [0.15, 0.2) is 24.0 Å². The second kappa shape index (κ2) is 12.9. The largest absolute Gasteiger partial charge is 0.493 e. The minimum atomic E-state index is 0.542. The van der Waals surface area contributed by atoms with Crippen LogP contribution in [-0.2, 0) is 9.47 Å². The van der Waals surface area contributed by atoms with Crippen LogP contribution in [0.3, 0.4) is 0 Å². The number of rotatable bonds is 9. The molecule has 0 radical (unpaired) electrons. The highest BCUT2D eigenvalue weighted by Crippen LogP contribution is 2.22. The van der Waals surface area contributed by atoms with Crippen molar-refractivity contribution in [3.05, 3.63) is 24.0 Å². The van der Waals surface area contributed by atoms with E-state index in [0.29, 0.717) is 19.8 Å². The van der Waals surface area contributed by atoms with Crippen LogP contribution in [0, 0.1) is 5.92 Å². The lowest BCUT2D eigenvalue weighted by atomic mass is 9.92. The van der Waals surface area contributed by atoms with Crippen LogP contribution < -0.4 is 5.73 Å². The summed E-state index contributed by atoms with van der Waals surface area (Å²) in [6.07, 6.45) is 16.7. The van der Waals surface area contributed by atoms with Crippen molar-refractivity contribution < 1.29 is 9.47 Å². The molecule has 0 amide bonds. The maximum atomic E-state index is 5.84. The molecule has 0 spiro atoms. The van der Waals surface area contributed by atoms with Gasteiger partial charge in [-0.1, -0.05) is 45.1 Å². The van der Waals surface area contributed by atoms with Crippen LogP contribution in [-0.4, -0.2) is 26.4 Å². The molecule has 0 bridgehead atoms. The number of hydrogen-bond acceptors (Lipinski definition) is 3. The van der Waals surface area contributed by atoms with Gasteiger partial charge in [-0.25, -0.2) is 0 Å². The second-order valence-electron chi connectivity index (χ2n) is 5.80. The molecule has 0 aromatic rings. The third-order valence-electron chi connectivity index (χ3n) is 3.89. The molecule has 0 unspecified atom stereocenters. The van der Waals surface area contributed by atoms with Crippen LogP contribution in [0.25, 0.3) is 0 Å². The molecule has 0 aromatic heterocycles. The molecule has 0 saturated heterocycles. The number of hydrogen-bond donors (Lipinski definition) is 1. The first-order chi connectivity index (χ1) is 10.4. The van der Waals surface area contributed by atoms with Gasteiger partial charge in [-0.05, 0) is 37.3 Å². The minimum Gasteiger partial charge on any atom is -0.493 e. The first-order valence-corrected chi connectivity index (χ1v) is 8.64.